The molecule has 1 aliphatic heterocycles. The zero-order valence-electron chi connectivity index (χ0n) is 18.6. The van der Waals surface area contributed by atoms with E-state index >= 15 is 0 Å². The molecule has 3 atom stereocenters. The molecule has 2 aliphatic rings. The lowest BCUT2D eigenvalue weighted by molar-refractivity contribution is -0.385. The van der Waals surface area contributed by atoms with Crippen LogP contribution in [0.5, 0.6) is 0 Å². The van der Waals surface area contributed by atoms with Crippen LogP contribution in [0.15, 0.2) is 54.6 Å². The number of carbonyl (C=O) groups excluding carboxylic acids is 1. The molecule has 1 aliphatic carbocycles. The number of allylic oxidation sites excluding steroid dienone is 2. The van der Waals surface area contributed by atoms with Gasteiger partial charge in [-0.2, -0.15) is 0 Å². The zero-order chi connectivity index (χ0) is 22.7. The Bertz CT molecular complexity index is 1030. The summed E-state index contributed by atoms with van der Waals surface area (Å²) in [7, 11) is 0. The Hall–Kier alpha value is -3.19. The van der Waals surface area contributed by atoms with Gasteiger partial charge in [-0.3, -0.25) is 14.9 Å². The van der Waals surface area contributed by atoms with Crippen LogP contribution in [0.3, 0.4) is 0 Å². The van der Waals surface area contributed by atoms with Gasteiger partial charge < -0.3 is 15.5 Å². The maximum atomic E-state index is 12.7. The number of anilines is 1. The van der Waals surface area contributed by atoms with E-state index in [0.29, 0.717) is 17.7 Å². The van der Waals surface area contributed by atoms with Gasteiger partial charge in [0.2, 0.25) is 0 Å². The van der Waals surface area contributed by atoms with Crippen molar-refractivity contribution in [3.8, 4) is 0 Å². The number of hydrogen-bond acceptors (Lipinski definition) is 5. The summed E-state index contributed by atoms with van der Waals surface area (Å²) < 4.78 is 0. The lowest BCUT2D eigenvalue weighted by Gasteiger charge is -2.37. The second kappa shape index (κ2) is 9.53. The van der Waals surface area contributed by atoms with Gasteiger partial charge in [0.1, 0.15) is 0 Å². The van der Waals surface area contributed by atoms with Crippen molar-refractivity contribution in [3.05, 3.63) is 81.4 Å². The molecule has 7 nitrogen and oxygen atoms in total. The van der Waals surface area contributed by atoms with E-state index in [4.69, 9.17) is 0 Å². The Morgan fingerprint density at radius 3 is 2.72 bits per heavy atom. The lowest BCUT2D eigenvalue weighted by Crippen LogP contribution is -2.35. The van der Waals surface area contributed by atoms with Gasteiger partial charge in [-0.05, 0) is 49.2 Å². The lowest BCUT2D eigenvalue weighted by atomic mass is 9.76. The van der Waals surface area contributed by atoms with Gasteiger partial charge in [0.05, 0.1) is 16.5 Å². The van der Waals surface area contributed by atoms with Crippen LogP contribution in [0.25, 0.3) is 0 Å². The fourth-order valence-corrected chi connectivity index (χ4v) is 4.93. The fourth-order valence-electron chi connectivity index (χ4n) is 4.93. The van der Waals surface area contributed by atoms with Crippen LogP contribution in [0.4, 0.5) is 11.4 Å². The van der Waals surface area contributed by atoms with Gasteiger partial charge in [0, 0.05) is 36.3 Å². The summed E-state index contributed by atoms with van der Waals surface area (Å²) in [6, 6.07) is 12.5. The number of nitrogens with zero attached hydrogens (tertiary/aromatic N) is 2. The Kier molecular flexibility index (Phi) is 6.55. The molecular weight excluding hydrogens is 404 g/mol. The number of fused-ring (bicyclic) bond motifs is 3. The van der Waals surface area contributed by atoms with Gasteiger partial charge in [-0.25, -0.2) is 0 Å². The molecule has 2 aromatic carbocycles. The normalized spacial score (nSPS) is 21.0. The number of carbonyl (C=O) groups is 1. The van der Waals surface area contributed by atoms with Crippen molar-refractivity contribution in [3.63, 3.8) is 0 Å². The fraction of sp³-hybridized carbons (Fsp3) is 0.400. The number of benzene rings is 2. The molecule has 4 rings (SSSR count). The highest BCUT2D eigenvalue weighted by molar-refractivity contribution is 5.95. The van der Waals surface area contributed by atoms with E-state index in [-0.39, 0.29) is 34.4 Å². The van der Waals surface area contributed by atoms with Gasteiger partial charge in [0.25, 0.3) is 11.6 Å². The molecule has 0 fully saturated rings. The Morgan fingerprint density at radius 2 is 1.97 bits per heavy atom. The van der Waals surface area contributed by atoms with Crippen molar-refractivity contribution in [2.45, 2.75) is 32.2 Å². The number of nitrogens with one attached hydrogen (secondary N) is 2. The summed E-state index contributed by atoms with van der Waals surface area (Å²) in [4.78, 5) is 26.3. The predicted molar refractivity (Wildman–Crippen MR) is 126 cm³/mol. The van der Waals surface area contributed by atoms with E-state index < -0.39 is 0 Å². The standard InChI is InChI=1S/C25H30N4O3/c1-3-28(4-2)15-14-26-25(30)17-12-13-22-21(16-17)18-9-7-10-19(18)24(27-22)20-8-5-6-11-23(20)29(31)32/h5-9,11-13,16,18-19,24,27H,3-4,10,14-15H2,1-2H3,(H,26,30). The minimum absolute atomic E-state index is 0.0701. The molecule has 0 saturated heterocycles. The maximum absolute atomic E-state index is 12.7. The van der Waals surface area contributed by atoms with Crippen LogP contribution in [-0.2, 0) is 0 Å². The molecule has 0 saturated carbocycles. The average Bonchev–Trinajstić information content (AvgIpc) is 3.31. The highest BCUT2D eigenvalue weighted by atomic mass is 16.6. The van der Waals surface area contributed by atoms with Crippen LogP contribution in [0.1, 0.15) is 53.7 Å². The van der Waals surface area contributed by atoms with E-state index in [1.165, 1.54) is 0 Å². The molecule has 0 spiro atoms. The van der Waals surface area contributed by atoms with Gasteiger partial charge in [-0.15, -0.1) is 0 Å². The first-order valence-electron chi connectivity index (χ1n) is 11.3. The number of likely N-dealkylation sites (N-methyl/N-ethyl adjacent to an activating group) is 1. The molecule has 0 radical (unpaired) electrons. The molecular formula is C25H30N4O3. The zero-order valence-corrected chi connectivity index (χ0v) is 18.6. The molecule has 2 N–H and O–H groups in total. The molecule has 1 amide bonds. The number of nitro groups is 1. The van der Waals surface area contributed by atoms with Gasteiger partial charge in [-0.1, -0.05) is 44.2 Å². The number of nitro benzene ring substituents is 1. The molecule has 0 bridgehead atoms. The van der Waals surface area contributed by atoms with Crippen molar-refractivity contribution in [2.75, 3.05) is 31.5 Å². The number of rotatable bonds is 8. The second-order valence-corrected chi connectivity index (χ2v) is 8.38. The maximum Gasteiger partial charge on any atom is 0.274 e. The summed E-state index contributed by atoms with van der Waals surface area (Å²) in [5.41, 5.74) is 3.51. The summed E-state index contributed by atoms with van der Waals surface area (Å²) in [6.07, 6.45) is 5.16. The number of para-hydroxylation sites is 1. The van der Waals surface area contributed by atoms with Crippen LogP contribution >= 0.6 is 0 Å². The molecule has 2 aromatic rings. The summed E-state index contributed by atoms with van der Waals surface area (Å²) in [5.74, 6) is 0.225. The minimum atomic E-state index is -0.310. The van der Waals surface area contributed by atoms with Crippen LogP contribution < -0.4 is 10.6 Å². The third-order valence-corrected chi connectivity index (χ3v) is 6.70. The van der Waals surface area contributed by atoms with Crippen LogP contribution in [0, 0.1) is 16.0 Å². The minimum Gasteiger partial charge on any atom is -0.377 e. The van der Waals surface area contributed by atoms with Crippen molar-refractivity contribution in [2.24, 2.45) is 5.92 Å². The summed E-state index contributed by atoms with van der Waals surface area (Å²) in [5, 5.41) is 18.2. The number of hydrogen-bond donors (Lipinski definition) is 2. The molecule has 1 heterocycles. The first kappa shape index (κ1) is 22.0. The van der Waals surface area contributed by atoms with Crippen molar-refractivity contribution in [1.82, 2.24) is 10.2 Å². The summed E-state index contributed by atoms with van der Waals surface area (Å²) in [6.45, 7) is 7.60. The van der Waals surface area contributed by atoms with E-state index in [9.17, 15) is 14.9 Å². The van der Waals surface area contributed by atoms with Gasteiger partial charge >= 0.3 is 0 Å². The average molecular weight is 435 g/mol. The Balaban J connectivity index is 1.56. The van der Waals surface area contributed by atoms with Crippen molar-refractivity contribution in [1.29, 1.82) is 0 Å². The van der Waals surface area contributed by atoms with Crippen molar-refractivity contribution < 1.29 is 9.72 Å². The second-order valence-electron chi connectivity index (χ2n) is 8.38. The van der Waals surface area contributed by atoms with Crippen LogP contribution in [-0.4, -0.2) is 41.9 Å². The highest BCUT2D eigenvalue weighted by Gasteiger charge is 2.40. The van der Waals surface area contributed by atoms with E-state index in [0.717, 1.165) is 37.3 Å². The van der Waals surface area contributed by atoms with E-state index in [2.05, 4.69) is 41.5 Å². The molecule has 3 unspecified atom stereocenters. The molecule has 0 aromatic heterocycles. The Labute approximate surface area is 188 Å². The molecule has 168 valence electrons. The summed E-state index contributed by atoms with van der Waals surface area (Å²) >= 11 is 0. The smallest absolute Gasteiger partial charge is 0.274 e. The molecule has 32 heavy (non-hydrogen) atoms. The van der Waals surface area contributed by atoms with E-state index in [1.54, 1.807) is 12.1 Å². The highest BCUT2D eigenvalue weighted by Crippen LogP contribution is 2.51. The largest absolute Gasteiger partial charge is 0.377 e. The predicted octanol–water partition coefficient (Wildman–Crippen LogP) is 4.49. The Morgan fingerprint density at radius 1 is 1.19 bits per heavy atom. The first-order chi connectivity index (χ1) is 15.5. The number of amides is 1. The first-order valence-corrected chi connectivity index (χ1v) is 11.3. The SMILES string of the molecule is CCN(CC)CCNC(=O)c1ccc2c(c1)C1C=CCC1C(c1ccccc1[N+](=O)[O-])N2. The van der Waals surface area contributed by atoms with Gasteiger partial charge in [0.15, 0.2) is 0 Å². The molecule has 7 heteroatoms. The van der Waals surface area contributed by atoms with Crippen LogP contribution in [0.2, 0.25) is 0 Å². The van der Waals surface area contributed by atoms with Crippen molar-refractivity contribution >= 4 is 17.3 Å². The topological polar surface area (TPSA) is 87.5 Å². The quantitative estimate of drug-likeness (QED) is 0.363. The third-order valence-electron chi connectivity index (χ3n) is 6.70. The third kappa shape index (κ3) is 4.25. The monoisotopic (exact) mass is 434 g/mol. The van der Waals surface area contributed by atoms with E-state index in [1.807, 2.05) is 30.3 Å².